The first kappa shape index (κ1) is 22.1. The van der Waals surface area contributed by atoms with Crippen LogP contribution < -0.4 is 5.32 Å². The van der Waals surface area contributed by atoms with Gasteiger partial charge in [-0.3, -0.25) is 4.79 Å². The molecule has 31 heavy (non-hydrogen) atoms. The second kappa shape index (κ2) is 8.79. The number of hydrogen-bond acceptors (Lipinski definition) is 2. The molecule has 7 heteroatoms. The van der Waals surface area contributed by atoms with E-state index in [-0.39, 0.29) is 5.91 Å². The summed E-state index contributed by atoms with van der Waals surface area (Å²) in [6.45, 7) is 3.97. The molecule has 4 rings (SSSR count). The fraction of sp³-hybridized carbons (Fsp3) is 0.0833. The standard InChI is InChI=1S/C24H16BrCl3N2O/c1-12-7-13(2)23-17(8-12)18(24(31)29-15-4-6-19(25)21(28)10-15)11-22(30-23)16-5-3-14(26)9-20(16)27/h3-11H,1-2H3,(H,29,31). The first-order valence-electron chi connectivity index (χ1n) is 9.37. The van der Waals surface area contributed by atoms with Crippen LogP contribution in [0.4, 0.5) is 5.69 Å². The Labute approximate surface area is 203 Å². The number of carbonyl (C=O) groups excluding carboxylic acids is 1. The van der Waals surface area contributed by atoms with E-state index in [0.717, 1.165) is 26.5 Å². The normalized spacial score (nSPS) is 11.0. The minimum Gasteiger partial charge on any atom is -0.322 e. The van der Waals surface area contributed by atoms with Gasteiger partial charge >= 0.3 is 0 Å². The highest BCUT2D eigenvalue weighted by atomic mass is 79.9. The van der Waals surface area contributed by atoms with Gasteiger partial charge < -0.3 is 5.32 Å². The molecule has 1 N–H and O–H groups in total. The van der Waals surface area contributed by atoms with Gasteiger partial charge in [0.25, 0.3) is 5.91 Å². The zero-order valence-corrected chi connectivity index (χ0v) is 20.4. The maximum Gasteiger partial charge on any atom is 0.256 e. The maximum atomic E-state index is 13.3. The third-order valence-corrected chi connectivity index (χ3v) is 6.66. The van der Waals surface area contributed by atoms with Crippen molar-refractivity contribution in [3.63, 3.8) is 0 Å². The van der Waals surface area contributed by atoms with E-state index in [0.29, 0.717) is 37.6 Å². The number of rotatable bonds is 3. The van der Waals surface area contributed by atoms with Crippen molar-refractivity contribution in [3.8, 4) is 11.3 Å². The molecule has 3 aromatic carbocycles. The van der Waals surface area contributed by atoms with Crippen LogP contribution >= 0.6 is 50.7 Å². The van der Waals surface area contributed by atoms with E-state index in [4.69, 9.17) is 39.8 Å². The maximum absolute atomic E-state index is 13.3. The molecular formula is C24H16BrCl3N2O. The largest absolute Gasteiger partial charge is 0.322 e. The highest BCUT2D eigenvalue weighted by Crippen LogP contribution is 2.33. The number of aryl methyl sites for hydroxylation is 2. The number of nitrogens with one attached hydrogen (secondary N) is 1. The summed E-state index contributed by atoms with van der Waals surface area (Å²) in [5.41, 5.74) is 5.16. The molecule has 1 heterocycles. The molecule has 0 fully saturated rings. The second-order valence-electron chi connectivity index (χ2n) is 7.24. The van der Waals surface area contributed by atoms with Crippen LogP contribution in [0.2, 0.25) is 15.1 Å². The topological polar surface area (TPSA) is 42.0 Å². The van der Waals surface area contributed by atoms with Crippen LogP contribution in [-0.4, -0.2) is 10.9 Å². The molecule has 4 aromatic rings. The van der Waals surface area contributed by atoms with Gasteiger partial charge in [-0.25, -0.2) is 4.98 Å². The molecule has 0 aliphatic rings. The van der Waals surface area contributed by atoms with E-state index in [1.165, 1.54) is 0 Å². The van der Waals surface area contributed by atoms with Crippen molar-refractivity contribution < 1.29 is 4.79 Å². The average molecular weight is 535 g/mol. The number of carbonyl (C=O) groups is 1. The molecule has 0 saturated heterocycles. The Balaban J connectivity index is 1.89. The predicted molar refractivity (Wildman–Crippen MR) is 134 cm³/mol. The molecule has 0 aliphatic carbocycles. The van der Waals surface area contributed by atoms with Crippen molar-refractivity contribution in [1.82, 2.24) is 4.98 Å². The van der Waals surface area contributed by atoms with Crippen molar-refractivity contribution in [2.24, 2.45) is 0 Å². The van der Waals surface area contributed by atoms with Crippen molar-refractivity contribution in [1.29, 1.82) is 0 Å². The highest BCUT2D eigenvalue weighted by molar-refractivity contribution is 9.10. The van der Waals surface area contributed by atoms with Crippen LogP contribution in [0.3, 0.4) is 0 Å². The van der Waals surface area contributed by atoms with Gasteiger partial charge in [-0.1, -0.05) is 46.4 Å². The van der Waals surface area contributed by atoms with E-state index in [1.54, 1.807) is 42.5 Å². The number of nitrogens with zero attached hydrogens (tertiary/aromatic N) is 1. The molecule has 156 valence electrons. The number of fused-ring (bicyclic) bond motifs is 1. The number of halogens is 4. The smallest absolute Gasteiger partial charge is 0.256 e. The summed E-state index contributed by atoms with van der Waals surface area (Å²) in [5, 5.41) is 5.22. The quantitative estimate of drug-likeness (QED) is 0.286. The molecule has 0 spiro atoms. The van der Waals surface area contributed by atoms with Crippen LogP contribution in [-0.2, 0) is 0 Å². The average Bonchev–Trinajstić information content (AvgIpc) is 2.70. The summed E-state index contributed by atoms with van der Waals surface area (Å²) in [5.74, 6) is -0.262. The highest BCUT2D eigenvalue weighted by Gasteiger charge is 2.17. The monoisotopic (exact) mass is 532 g/mol. The van der Waals surface area contributed by atoms with Gasteiger partial charge in [-0.15, -0.1) is 0 Å². The van der Waals surface area contributed by atoms with Crippen LogP contribution in [0.25, 0.3) is 22.2 Å². The number of aromatic nitrogens is 1. The first-order valence-corrected chi connectivity index (χ1v) is 11.3. The third kappa shape index (κ3) is 4.58. The summed E-state index contributed by atoms with van der Waals surface area (Å²) in [6, 6.07) is 16.2. The predicted octanol–water partition coefficient (Wildman–Crippen LogP) is 8.49. The lowest BCUT2D eigenvalue weighted by Gasteiger charge is -2.14. The Morgan fingerprint density at radius 1 is 0.935 bits per heavy atom. The lowest BCUT2D eigenvalue weighted by Crippen LogP contribution is -2.13. The van der Waals surface area contributed by atoms with Crippen LogP contribution in [0.15, 0.2) is 59.1 Å². The summed E-state index contributed by atoms with van der Waals surface area (Å²) in [7, 11) is 0. The number of benzene rings is 3. The molecule has 0 radical (unpaired) electrons. The zero-order valence-electron chi connectivity index (χ0n) is 16.6. The number of hydrogen-bond donors (Lipinski definition) is 1. The van der Waals surface area contributed by atoms with E-state index in [1.807, 2.05) is 26.0 Å². The molecule has 0 saturated carbocycles. The van der Waals surface area contributed by atoms with Crippen LogP contribution in [0.5, 0.6) is 0 Å². The van der Waals surface area contributed by atoms with Crippen molar-refractivity contribution in [3.05, 3.63) is 90.8 Å². The van der Waals surface area contributed by atoms with E-state index in [9.17, 15) is 4.79 Å². The first-order chi connectivity index (χ1) is 14.7. The minimum atomic E-state index is -0.262. The lowest BCUT2D eigenvalue weighted by molar-refractivity contribution is 0.102. The number of anilines is 1. The van der Waals surface area contributed by atoms with E-state index < -0.39 is 0 Å². The summed E-state index contributed by atoms with van der Waals surface area (Å²) < 4.78 is 0.757. The van der Waals surface area contributed by atoms with Gasteiger partial charge in [0, 0.05) is 26.1 Å². The zero-order chi connectivity index (χ0) is 22.3. The fourth-order valence-corrected chi connectivity index (χ4v) is 4.41. The van der Waals surface area contributed by atoms with Crippen LogP contribution in [0, 0.1) is 13.8 Å². The lowest BCUT2D eigenvalue weighted by atomic mass is 9.99. The van der Waals surface area contributed by atoms with Gasteiger partial charge in [-0.05, 0) is 83.9 Å². The molecule has 0 aliphatic heterocycles. The number of pyridine rings is 1. The SMILES string of the molecule is Cc1cc(C)c2nc(-c3ccc(Cl)cc3Cl)cc(C(=O)Nc3ccc(Br)c(Cl)c3)c2c1. The summed E-state index contributed by atoms with van der Waals surface area (Å²) in [6.07, 6.45) is 0. The Morgan fingerprint density at radius 3 is 2.42 bits per heavy atom. The molecule has 1 aromatic heterocycles. The number of amides is 1. The Bertz CT molecular complexity index is 1350. The van der Waals surface area contributed by atoms with Gasteiger partial charge in [0.05, 0.1) is 26.8 Å². The molecular weight excluding hydrogens is 519 g/mol. The van der Waals surface area contributed by atoms with Crippen LogP contribution in [0.1, 0.15) is 21.5 Å². The van der Waals surface area contributed by atoms with Crippen molar-refractivity contribution >= 4 is 73.2 Å². The van der Waals surface area contributed by atoms with Crippen molar-refractivity contribution in [2.45, 2.75) is 13.8 Å². The molecule has 0 bridgehead atoms. The minimum absolute atomic E-state index is 0.262. The second-order valence-corrected chi connectivity index (χ2v) is 9.35. The Hall–Kier alpha value is -2.11. The van der Waals surface area contributed by atoms with Gasteiger partial charge in [0.2, 0.25) is 0 Å². The van der Waals surface area contributed by atoms with E-state index >= 15 is 0 Å². The summed E-state index contributed by atoms with van der Waals surface area (Å²) >= 11 is 22.0. The van der Waals surface area contributed by atoms with Gasteiger partial charge in [-0.2, -0.15) is 0 Å². The fourth-order valence-electron chi connectivity index (χ4n) is 3.48. The van der Waals surface area contributed by atoms with Crippen molar-refractivity contribution in [2.75, 3.05) is 5.32 Å². The molecule has 0 unspecified atom stereocenters. The van der Waals surface area contributed by atoms with Gasteiger partial charge in [0.15, 0.2) is 0 Å². The molecule has 1 amide bonds. The Morgan fingerprint density at radius 2 is 1.71 bits per heavy atom. The Kier molecular flexibility index (Phi) is 6.27. The molecule has 3 nitrogen and oxygen atoms in total. The third-order valence-electron chi connectivity index (χ3n) is 4.88. The van der Waals surface area contributed by atoms with Gasteiger partial charge in [0.1, 0.15) is 0 Å². The summed E-state index contributed by atoms with van der Waals surface area (Å²) in [4.78, 5) is 18.1. The molecule has 0 atom stereocenters. The van der Waals surface area contributed by atoms with E-state index in [2.05, 4.69) is 21.2 Å².